The highest BCUT2D eigenvalue weighted by molar-refractivity contribution is 9.10. The van der Waals surface area contributed by atoms with E-state index in [0.29, 0.717) is 4.58 Å². The van der Waals surface area contributed by atoms with Gasteiger partial charge in [-0.3, -0.25) is 4.79 Å². The van der Waals surface area contributed by atoms with Crippen molar-refractivity contribution in [3.05, 3.63) is 64.1 Å². The maximum Gasteiger partial charge on any atom is 0.258 e. The lowest BCUT2D eigenvalue weighted by atomic mass is 10.1. The molecule has 0 bridgehead atoms. The molecule has 1 aliphatic heterocycles. The summed E-state index contributed by atoms with van der Waals surface area (Å²) < 4.78 is 7.18. The van der Waals surface area contributed by atoms with Gasteiger partial charge in [-0.25, -0.2) is 0 Å². The van der Waals surface area contributed by atoms with Crippen LogP contribution in [0.1, 0.15) is 35.1 Å². The number of benzene rings is 2. The van der Waals surface area contributed by atoms with Crippen molar-refractivity contribution in [2.24, 2.45) is 0 Å². The topological polar surface area (TPSA) is 38.3 Å². The number of ether oxygens (including phenoxy) is 1. The van der Waals surface area contributed by atoms with E-state index < -0.39 is 0 Å². The largest absolute Gasteiger partial charge is 0.484 e. The van der Waals surface area contributed by atoms with Crippen molar-refractivity contribution in [2.45, 2.75) is 24.0 Å². The first-order chi connectivity index (χ1) is 12.6. The molecular formula is C20H22BrNO2S2. The fourth-order valence-electron chi connectivity index (χ4n) is 2.67. The van der Waals surface area contributed by atoms with Gasteiger partial charge in [0.05, 0.1) is 10.6 Å². The van der Waals surface area contributed by atoms with Gasteiger partial charge in [-0.1, -0.05) is 40.2 Å². The second-order valence-electron chi connectivity index (χ2n) is 6.13. The zero-order chi connectivity index (χ0) is 18.4. The molecule has 0 aromatic heterocycles. The maximum absolute atomic E-state index is 12.1. The zero-order valence-electron chi connectivity index (χ0n) is 14.6. The molecule has 6 heteroatoms. The van der Waals surface area contributed by atoms with E-state index in [1.54, 1.807) is 0 Å². The Bertz CT molecular complexity index is 716. The quantitative estimate of drug-likeness (QED) is 0.622. The average Bonchev–Trinajstić information content (AvgIpc) is 2.68. The molecule has 0 spiro atoms. The van der Waals surface area contributed by atoms with E-state index in [1.165, 1.54) is 23.5 Å². The van der Waals surface area contributed by atoms with Crippen LogP contribution in [0.25, 0.3) is 0 Å². The van der Waals surface area contributed by atoms with Gasteiger partial charge in [0.15, 0.2) is 6.61 Å². The molecule has 0 aliphatic carbocycles. The van der Waals surface area contributed by atoms with Crippen molar-refractivity contribution in [1.29, 1.82) is 0 Å². The Labute approximate surface area is 171 Å². The minimum Gasteiger partial charge on any atom is -0.484 e. The number of amides is 1. The minimum atomic E-state index is -0.122. The Morgan fingerprint density at radius 1 is 1.15 bits per heavy atom. The molecule has 1 fully saturated rings. The van der Waals surface area contributed by atoms with E-state index in [1.807, 2.05) is 66.8 Å². The maximum atomic E-state index is 12.1. The Hall–Kier alpha value is -1.11. The van der Waals surface area contributed by atoms with Crippen LogP contribution in [0.2, 0.25) is 0 Å². The summed E-state index contributed by atoms with van der Waals surface area (Å²) in [6.45, 7) is 1.99. The SMILES string of the molecule is CC(NC(=O)COc1ccc(C2SCCCS2)cc1)c1ccc(Br)cc1. The van der Waals surface area contributed by atoms with Gasteiger partial charge >= 0.3 is 0 Å². The molecule has 3 rings (SSSR count). The summed E-state index contributed by atoms with van der Waals surface area (Å²) in [5.41, 5.74) is 2.38. The molecule has 3 nitrogen and oxygen atoms in total. The first kappa shape index (κ1) is 19.6. The normalized spacial score (nSPS) is 16.1. The summed E-state index contributed by atoms with van der Waals surface area (Å²) in [6.07, 6.45) is 1.29. The Morgan fingerprint density at radius 2 is 1.81 bits per heavy atom. The first-order valence-electron chi connectivity index (χ1n) is 8.62. The molecule has 1 N–H and O–H groups in total. The molecule has 1 amide bonds. The zero-order valence-corrected chi connectivity index (χ0v) is 17.8. The molecule has 1 heterocycles. The number of carbonyl (C=O) groups is 1. The summed E-state index contributed by atoms with van der Waals surface area (Å²) in [6, 6.07) is 16.0. The number of halogens is 1. The highest BCUT2D eigenvalue weighted by Crippen LogP contribution is 2.43. The second kappa shape index (κ2) is 9.72. The molecular weight excluding hydrogens is 430 g/mol. The van der Waals surface area contributed by atoms with Crippen molar-refractivity contribution in [1.82, 2.24) is 5.32 Å². The van der Waals surface area contributed by atoms with E-state index in [4.69, 9.17) is 4.74 Å². The summed E-state index contributed by atoms with van der Waals surface area (Å²) in [4.78, 5) is 12.1. The average molecular weight is 452 g/mol. The predicted octanol–water partition coefficient (Wildman–Crippen LogP) is 5.57. The lowest BCUT2D eigenvalue weighted by molar-refractivity contribution is -0.123. The third-order valence-corrected chi connectivity index (χ3v) is 7.64. The van der Waals surface area contributed by atoms with Gasteiger partial charge in [-0.2, -0.15) is 0 Å². The molecule has 2 aromatic rings. The summed E-state index contributed by atoms with van der Waals surface area (Å²) in [7, 11) is 0. The molecule has 1 saturated heterocycles. The number of nitrogens with one attached hydrogen (secondary N) is 1. The monoisotopic (exact) mass is 451 g/mol. The minimum absolute atomic E-state index is 0.0210. The van der Waals surface area contributed by atoms with Gasteiger partial charge in [0.25, 0.3) is 5.91 Å². The fourth-order valence-corrected chi connectivity index (χ4v) is 5.83. The van der Waals surface area contributed by atoms with Crippen LogP contribution in [0, 0.1) is 0 Å². The van der Waals surface area contributed by atoms with E-state index in [2.05, 4.69) is 33.4 Å². The van der Waals surface area contributed by atoms with Crippen LogP contribution in [-0.4, -0.2) is 24.0 Å². The predicted molar refractivity (Wildman–Crippen MR) is 115 cm³/mol. The van der Waals surface area contributed by atoms with Crippen LogP contribution >= 0.6 is 39.5 Å². The van der Waals surface area contributed by atoms with E-state index >= 15 is 0 Å². The van der Waals surface area contributed by atoms with Gasteiger partial charge in [-0.15, -0.1) is 23.5 Å². The highest BCUT2D eigenvalue weighted by atomic mass is 79.9. The fraction of sp³-hybridized carbons (Fsp3) is 0.350. The van der Waals surface area contributed by atoms with Gasteiger partial charge in [-0.05, 0) is 60.2 Å². The lowest BCUT2D eigenvalue weighted by Crippen LogP contribution is -2.31. The number of hydrogen-bond acceptors (Lipinski definition) is 4. The molecule has 138 valence electrons. The van der Waals surface area contributed by atoms with Crippen LogP contribution in [0.15, 0.2) is 53.0 Å². The Balaban J connectivity index is 1.47. The molecule has 1 atom stereocenters. The number of thioether (sulfide) groups is 2. The molecule has 1 unspecified atom stereocenters. The van der Waals surface area contributed by atoms with E-state index in [9.17, 15) is 4.79 Å². The molecule has 26 heavy (non-hydrogen) atoms. The number of carbonyl (C=O) groups excluding carboxylic acids is 1. The van der Waals surface area contributed by atoms with Crippen molar-refractivity contribution >= 4 is 45.4 Å². The third-order valence-electron chi connectivity index (χ3n) is 4.10. The van der Waals surface area contributed by atoms with E-state index in [-0.39, 0.29) is 18.6 Å². The van der Waals surface area contributed by atoms with E-state index in [0.717, 1.165) is 15.8 Å². The highest BCUT2D eigenvalue weighted by Gasteiger charge is 2.16. The van der Waals surface area contributed by atoms with Gasteiger partial charge < -0.3 is 10.1 Å². The van der Waals surface area contributed by atoms with Crippen molar-refractivity contribution in [3.8, 4) is 5.75 Å². The van der Waals surface area contributed by atoms with Crippen LogP contribution in [0.5, 0.6) is 5.75 Å². The van der Waals surface area contributed by atoms with Crippen molar-refractivity contribution in [2.75, 3.05) is 18.1 Å². The molecule has 2 aromatic carbocycles. The number of hydrogen-bond donors (Lipinski definition) is 1. The van der Waals surface area contributed by atoms with Crippen LogP contribution in [0.4, 0.5) is 0 Å². The van der Waals surface area contributed by atoms with Gasteiger partial charge in [0.1, 0.15) is 5.75 Å². The summed E-state index contributed by atoms with van der Waals surface area (Å²) in [5.74, 6) is 3.06. The molecule has 0 radical (unpaired) electrons. The van der Waals surface area contributed by atoms with Crippen molar-refractivity contribution < 1.29 is 9.53 Å². The third kappa shape index (κ3) is 5.69. The second-order valence-corrected chi connectivity index (χ2v) is 9.77. The Morgan fingerprint density at radius 3 is 2.46 bits per heavy atom. The molecule has 0 saturated carbocycles. The van der Waals surface area contributed by atoms with Gasteiger partial charge in [0, 0.05) is 4.47 Å². The number of rotatable bonds is 6. The van der Waals surface area contributed by atoms with Crippen molar-refractivity contribution in [3.63, 3.8) is 0 Å². The first-order valence-corrected chi connectivity index (χ1v) is 11.5. The van der Waals surface area contributed by atoms with Crippen LogP contribution in [-0.2, 0) is 4.79 Å². The Kier molecular flexibility index (Phi) is 7.34. The summed E-state index contributed by atoms with van der Waals surface area (Å²) in [5, 5.41) is 2.96. The van der Waals surface area contributed by atoms with Crippen LogP contribution < -0.4 is 10.1 Å². The lowest BCUT2D eigenvalue weighted by Gasteiger charge is -2.21. The standard InChI is InChI=1S/C20H22BrNO2S2/c1-14(15-3-7-17(21)8-4-15)22-19(23)13-24-18-9-5-16(6-10-18)20-25-11-2-12-26-20/h3-10,14,20H,2,11-13H2,1H3,(H,22,23). The summed E-state index contributed by atoms with van der Waals surface area (Å²) >= 11 is 7.42. The molecule has 1 aliphatic rings. The van der Waals surface area contributed by atoms with Crippen LogP contribution in [0.3, 0.4) is 0 Å². The van der Waals surface area contributed by atoms with Gasteiger partial charge in [0.2, 0.25) is 0 Å². The smallest absolute Gasteiger partial charge is 0.258 e.